The number of imide groups is 1. The van der Waals surface area contributed by atoms with E-state index in [0.29, 0.717) is 38.8 Å². The molecular weight excluding hydrogens is 314 g/mol. The van der Waals surface area contributed by atoms with E-state index in [0.717, 1.165) is 17.0 Å². The number of hydrogen-bond acceptors (Lipinski definition) is 6. The number of piperidine rings is 1. The molecule has 1 aromatic rings. The van der Waals surface area contributed by atoms with Crippen LogP contribution in [0, 0.1) is 13.8 Å². The number of cyclic esters (lactones) is 1. The summed E-state index contributed by atoms with van der Waals surface area (Å²) in [5.41, 5.74) is 1.81. The molecule has 2 aliphatic rings. The van der Waals surface area contributed by atoms with Gasteiger partial charge in [-0.3, -0.25) is 9.59 Å². The number of aromatic nitrogens is 1. The Bertz CT molecular complexity index is 625. The highest BCUT2D eigenvalue weighted by Crippen LogP contribution is 2.22. The van der Waals surface area contributed by atoms with E-state index in [1.807, 2.05) is 13.8 Å². The lowest BCUT2D eigenvalue weighted by Gasteiger charge is -2.34. The highest BCUT2D eigenvalue weighted by molar-refractivity contribution is 5.98. The molecule has 0 radical (unpaired) electrons. The van der Waals surface area contributed by atoms with E-state index < -0.39 is 6.09 Å². The van der Waals surface area contributed by atoms with Crippen molar-refractivity contribution in [2.24, 2.45) is 0 Å². The van der Waals surface area contributed by atoms with E-state index in [-0.39, 0.29) is 24.5 Å². The van der Waals surface area contributed by atoms with Crippen molar-refractivity contribution in [2.75, 3.05) is 19.7 Å². The van der Waals surface area contributed by atoms with Crippen molar-refractivity contribution >= 4 is 17.9 Å². The Balaban J connectivity index is 1.50. The molecule has 0 unspecified atom stereocenters. The van der Waals surface area contributed by atoms with Crippen LogP contribution in [0.25, 0.3) is 0 Å². The van der Waals surface area contributed by atoms with E-state index in [9.17, 15) is 14.4 Å². The molecule has 130 valence electrons. The summed E-state index contributed by atoms with van der Waals surface area (Å²) >= 11 is 0. The van der Waals surface area contributed by atoms with Crippen molar-refractivity contribution < 1.29 is 23.6 Å². The summed E-state index contributed by atoms with van der Waals surface area (Å²) in [6, 6.07) is -0.167. The summed E-state index contributed by atoms with van der Waals surface area (Å²) in [5.74, 6) is 0.539. The van der Waals surface area contributed by atoms with Gasteiger partial charge in [-0.15, -0.1) is 0 Å². The summed E-state index contributed by atoms with van der Waals surface area (Å²) in [6.45, 7) is 4.63. The first-order valence-electron chi connectivity index (χ1n) is 8.15. The molecule has 3 amide bonds. The summed E-state index contributed by atoms with van der Waals surface area (Å²) in [6.07, 6.45) is 1.63. The quantitative estimate of drug-likeness (QED) is 0.821. The molecule has 0 aromatic carbocycles. The highest BCUT2D eigenvalue weighted by atomic mass is 16.6. The van der Waals surface area contributed by atoms with Crippen molar-refractivity contribution in [1.29, 1.82) is 0 Å². The summed E-state index contributed by atoms with van der Waals surface area (Å²) in [5, 5.41) is 3.89. The van der Waals surface area contributed by atoms with Crippen LogP contribution >= 0.6 is 0 Å². The van der Waals surface area contributed by atoms with Gasteiger partial charge >= 0.3 is 6.09 Å². The van der Waals surface area contributed by atoms with Gasteiger partial charge in [-0.1, -0.05) is 5.16 Å². The zero-order valence-electron chi connectivity index (χ0n) is 13.9. The molecule has 8 heteroatoms. The molecule has 0 bridgehead atoms. The smallest absolute Gasteiger partial charge is 0.417 e. The monoisotopic (exact) mass is 335 g/mol. The molecule has 0 aliphatic carbocycles. The van der Waals surface area contributed by atoms with Crippen LogP contribution in [0.2, 0.25) is 0 Å². The number of rotatable bonds is 4. The van der Waals surface area contributed by atoms with Gasteiger partial charge in [0.15, 0.2) is 6.61 Å². The average Bonchev–Trinajstić information content (AvgIpc) is 3.07. The van der Waals surface area contributed by atoms with Gasteiger partial charge in [0.2, 0.25) is 5.91 Å². The standard InChI is InChI=1S/C16H21N3O5/c1-10-13(11(2)24-17-10)3-4-14(20)18-7-5-12(6-8-18)19-15(21)9-23-16(19)22/h12H,3-9H2,1-2H3. The summed E-state index contributed by atoms with van der Waals surface area (Å²) < 4.78 is 9.86. The molecule has 2 saturated heterocycles. The minimum Gasteiger partial charge on any atom is -0.439 e. The second-order valence-electron chi connectivity index (χ2n) is 6.23. The molecule has 24 heavy (non-hydrogen) atoms. The predicted octanol–water partition coefficient (Wildman–Crippen LogP) is 1.19. The van der Waals surface area contributed by atoms with Gasteiger partial charge in [0.1, 0.15) is 5.76 Å². The molecule has 3 heterocycles. The molecule has 8 nitrogen and oxygen atoms in total. The first-order valence-corrected chi connectivity index (χ1v) is 8.15. The minimum atomic E-state index is -0.566. The van der Waals surface area contributed by atoms with E-state index in [1.54, 1.807) is 4.90 Å². The van der Waals surface area contributed by atoms with Crippen molar-refractivity contribution in [1.82, 2.24) is 15.0 Å². The predicted molar refractivity (Wildman–Crippen MR) is 82.1 cm³/mol. The maximum atomic E-state index is 12.4. The van der Waals surface area contributed by atoms with E-state index >= 15 is 0 Å². The van der Waals surface area contributed by atoms with Crippen LogP contribution < -0.4 is 0 Å². The minimum absolute atomic E-state index is 0.0729. The maximum Gasteiger partial charge on any atom is 0.417 e. The molecule has 0 saturated carbocycles. The van der Waals surface area contributed by atoms with Gasteiger partial charge in [-0.25, -0.2) is 9.69 Å². The Morgan fingerprint density at radius 3 is 2.50 bits per heavy atom. The Morgan fingerprint density at radius 1 is 1.25 bits per heavy atom. The highest BCUT2D eigenvalue weighted by Gasteiger charge is 2.38. The van der Waals surface area contributed by atoms with Gasteiger partial charge in [-0.2, -0.15) is 0 Å². The number of likely N-dealkylation sites (tertiary alicyclic amines) is 1. The van der Waals surface area contributed by atoms with Crippen LogP contribution in [-0.4, -0.2) is 58.6 Å². The molecule has 0 atom stereocenters. The number of amides is 3. The lowest BCUT2D eigenvalue weighted by Crippen LogP contribution is -2.48. The van der Waals surface area contributed by atoms with Gasteiger partial charge < -0.3 is 14.2 Å². The van der Waals surface area contributed by atoms with Gasteiger partial charge in [-0.05, 0) is 33.1 Å². The van der Waals surface area contributed by atoms with Gasteiger partial charge in [0.25, 0.3) is 5.91 Å². The fourth-order valence-electron chi connectivity index (χ4n) is 3.34. The Hall–Kier alpha value is -2.38. The number of ether oxygens (including phenoxy) is 1. The van der Waals surface area contributed by atoms with Crippen LogP contribution in [0.15, 0.2) is 4.52 Å². The number of carbonyl (C=O) groups excluding carboxylic acids is 3. The van der Waals surface area contributed by atoms with Crippen LogP contribution in [0.5, 0.6) is 0 Å². The van der Waals surface area contributed by atoms with Crippen molar-refractivity contribution in [3.05, 3.63) is 17.0 Å². The second kappa shape index (κ2) is 6.62. The number of nitrogens with zero attached hydrogens (tertiary/aromatic N) is 3. The summed E-state index contributed by atoms with van der Waals surface area (Å²) in [7, 11) is 0. The Kier molecular flexibility index (Phi) is 4.55. The average molecular weight is 335 g/mol. The number of aryl methyl sites for hydroxylation is 2. The third-order valence-corrected chi connectivity index (χ3v) is 4.74. The van der Waals surface area contributed by atoms with Crippen LogP contribution in [0.1, 0.15) is 36.3 Å². The van der Waals surface area contributed by atoms with E-state index in [2.05, 4.69) is 5.16 Å². The molecule has 2 fully saturated rings. The lowest BCUT2D eigenvalue weighted by atomic mass is 10.0. The van der Waals surface area contributed by atoms with Crippen molar-refractivity contribution in [2.45, 2.75) is 45.6 Å². The third-order valence-electron chi connectivity index (χ3n) is 4.74. The van der Waals surface area contributed by atoms with E-state index in [4.69, 9.17) is 9.26 Å². The summed E-state index contributed by atoms with van der Waals surface area (Å²) in [4.78, 5) is 38.6. The molecule has 0 N–H and O–H groups in total. The third kappa shape index (κ3) is 3.13. The van der Waals surface area contributed by atoms with E-state index in [1.165, 1.54) is 4.90 Å². The Morgan fingerprint density at radius 2 is 1.96 bits per heavy atom. The fraction of sp³-hybridized carbons (Fsp3) is 0.625. The zero-order chi connectivity index (χ0) is 17.3. The van der Waals surface area contributed by atoms with Crippen molar-refractivity contribution in [3.8, 4) is 0 Å². The Labute approximate surface area is 139 Å². The first-order chi connectivity index (χ1) is 11.5. The molecule has 2 aliphatic heterocycles. The van der Waals surface area contributed by atoms with Crippen molar-refractivity contribution in [3.63, 3.8) is 0 Å². The molecule has 3 rings (SSSR count). The topological polar surface area (TPSA) is 93.0 Å². The fourth-order valence-corrected chi connectivity index (χ4v) is 3.34. The second-order valence-corrected chi connectivity index (χ2v) is 6.23. The van der Waals surface area contributed by atoms with Crippen LogP contribution in [0.3, 0.4) is 0 Å². The normalized spacial score (nSPS) is 19.1. The molecular formula is C16H21N3O5. The van der Waals surface area contributed by atoms with Gasteiger partial charge in [0, 0.05) is 31.1 Å². The van der Waals surface area contributed by atoms with Gasteiger partial charge in [0.05, 0.1) is 5.69 Å². The molecule has 0 spiro atoms. The number of hydrogen-bond donors (Lipinski definition) is 0. The van der Waals surface area contributed by atoms with Crippen LogP contribution in [-0.2, 0) is 20.7 Å². The first kappa shape index (κ1) is 16.5. The zero-order valence-corrected chi connectivity index (χ0v) is 13.9. The maximum absolute atomic E-state index is 12.4. The number of carbonyl (C=O) groups is 3. The lowest BCUT2D eigenvalue weighted by molar-refractivity contribution is -0.133. The molecule has 1 aromatic heterocycles. The SMILES string of the molecule is Cc1noc(C)c1CCC(=O)N1CCC(N2C(=O)COC2=O)CC1. The largest absolute Gasteiger partial charge is 0.439 e. The van der Waals surface area contributed by atoms with Crippen LogP contribution in [0.4, 0.5) is 4.79 Å².